The van der Waals surface area contributed by atoms with Gasteiger partial charge in [0.05, 0.1) is 12.9 Å². The van der Waals surface area contributed by atoms with Crippen molar-refractivity contribution in [1.82, 2.24) is 9.55 Å². The maximum atomic E-state index is 11.0. The lowest BCUT2D eigenvalue weighted by Crippen LogP contribution is -2.44. The number of nitrogens with one attached hydrogen (secondary N) is 1. The number of fused-ring (bicyclic) bond motifs is 1. The zero-order chi connectivity index (χ0) is 20.9. The van der Waals surface area contributed by atoms with Crippen LogP contribution in [0.15, 0.2) is 6.33 Å². The standard InChI is InChI=1S/C18H30IN3O5Si/c1-17(2,3)28(6,7)24-8-11-12-13(27-18(4,5)26-12)16(25-11)22-9-20-14(19)15(22)21-10-23/h9-13,16H,8H2,1-7H3,(H,21,23)/t11-,12-,13-,16-/m1/s1. The molecule has 28 heavy (non-hydrogen) atoms. The van der Waals surface area contributed by atoms with Crippen LogP contribution < -0.4 is 5.32 Å². The third-order valence-corrected chi connectivity index (χ3v) is 11.0. The minimum absolute atomic E-state index is 0.109. The number of hydrogen-bond acceptors (Lipinski definition) is 6. The molecule has 1 aromatic rings. The van der Waals surface area contributed by atoms with Gasteiger partial charge in [-0.3, -0.25) is 9.36 Å². The highest BCUT2D eigenvalue weighted by Crippen LogP contribution is 2.45. The highest BCUT2D eigenvalue weighted by Gasteiger charge is 2.56. The second-order valence-corrected chi connectivity index (χ2v) is 15.1. The average Bonchev–Trinajstić information content (AvgIpc) is 3.17. The van der Waals surface area contributed by atoms with Gasteiger partial charge in [-0.25, -0.2) is 4.98 Å². The zero-order valence-electron chi connectivity index (χ0n) is 17.5. The summed E-state index contributed by atoms with van der Waals surface area (Å²) >= 11 is 2.08. The maximum absolute atomic E-state index is 11.0. The predicted molar refractivity (Wildman–Crippen MR) is 116 cm³/mol. The van der Waals surface area contributed by atoms with Gasteiger partial charge in [0.2, 0.25) is 6.41 Å². The van der Waals surface area contributed by atoms with Crippen molar-refractivity contribution in [3.8, 4) is 0 Å². The summed E-state index contributed by atoms with van der Waals surface area (Å²) in [4.78, 5) is 15.3. The van der Waals surface area contributed by atoms with Gasteiger partial charge >= 0.3 is 0 Å². The molecule has 0 aliphatic carbocycles. The molecule has 8 nitrogen and oxygen atoms in total. The Morgan fingerprint density at radius 2 is 2.00 bits per heavy atom. The van der Waals surface area contributed by atoms with Gasteiger partial charge in [0.15, 0.2) is 20.3 Å². The average molecular weight is 523 g/mol. The normalized spacial score (nSPS) is 29.7. The summed E-state index contributed by atoms with van der Waals surface area (Å²) in [5, 5.41) is 2.81. The lowest BCUT2D eigenvalue weighted by molar-refractivity contribution is -0.199. The van der Waals surface area contributed by atoms with Crippen molar-refractivity contribution in [2.75, 3.05) is 11.9 Å². The molecule has 2 fully saturated rings. The monoisotopic (exact) mass is 523 g/mol. The number of aromatic nitrogens is 2. The largest absolute Gasteiger partial charge is 0.414 e. The van der Waals surface area contributed by atoms with Gasteiger partial charge in [-0.2, -0.15) is 0 Å². The Labute approximate surface area is 180 Å². The van der Waals surface area contributed by atoms with Crippen LogP contribution >= 0.6 is 22.6 Å². The SMILES string of the molecule is CC1(C)O[C@@H]2[C@H](O1)[C@@H](CO[Si](C)(C)C(C)(C)C)O[C@H]2n1cnc(I)c1NC=O. The van der Waals surface area contributed by atoms with Crippen LogP contribution in [-0.4, -0.2) is 55.0 Å². The Kier molecular flexibility index (Phi) is 6.03. The topological polar surface area (TPSA) is 83.8 Å². The van der Waals surface area contributed by atoms with Crippen LogP contribution in [-0.2, 0) is 23.4 Å². The number of ether oxygens (including phenoxy) is 3. The van der Waals surface area contributed by atoms with Crippen LogP contribution in [0.3, 0.4) is 0 Å². The molecule has 2 aliphatic heterocycles. The maximum Gasteiger partial charge on any atom is 0.212 e. The highest BCUT2D eigenvalue weighted by molar-refractivity contribution is 14.1. The minimum atomic E-state index is -1.93. The van der Waals surface area contributed by atoms with E-state index in [4.69, 9.17) is 18.6 Å². The van der Waals surface area contributed by atoms with E-state index in [-0.39, 0.29) is 23.4 Å². The Balaban J connectivity index is 1.84. The summed E-state index contributed by atoms with van der Waals surface area (Å²) in [5.41, 5.74) is 0. The van der Waals surface area contributed by atoms with E-state index in [9.17, 15) is 4.79 Å². The van der Waals surface area contributed by atoms with Crippen molar-refractivity contribution in [2.24, 2.45) is 0 Å². The summed E-state index contributed by atoms with van der Waals surface area (Å²) in [6.07, 6.45) is 0.986. The molecule has 2 aliphatic rings. The molecule has 1 amide bonds. The fourth-order valence-corrected chi connectivity index (χ4v) is 4.82. The van der Waals surface area contributed by atoms with E-state index in [0.29, 0.717) is 22.5 Å². The first kappa shape index (κ1) is 22.2. The third-order valence-electron chi connectivity index (χ3n) is 5.76. The van der Waals surface area contributed by atoms with Crippen LogP contribution in [0.4, 0.5) is 5.82 Å². The van der Waals surface area contributed by atoms with Crippen LogP contribution in [0.5, 0.6) is 0 Å². The highest BCUT2D eigenvalue weighted by atomic mass is 127. The van der Waals surface area contributed by atoms with E-state index >= 15 is 0 Å². The number of nitrogens with zero attached hydrogens (tertiary/aromatic N) is 2. The van der Waals surface area contributed by atoms with E-state index < -0.39 is 20.3 Å². The molecule has 158 valence electrons. The lowest BCUT2D eigenvalue weighted by atomic mass is 10.1. The number of halogens is 1. The number of amides is 1. The van der Waals surface area contributed by atoms with Gasteiger partial charge in [-0.15, -0.1) is 0 Å². The first-order chi connectivity index (χ1) is 12.9. The molecule has 0 spiro atoms. The van der Waals surface area contributed by atoms with Crippen molar-refractivity contribution in [1.29, 1.82) is 0 Å². The number of imidazole rings is 1. The molecule has 0 bridgehead atoms. The smallest absolute Gasteiger partial charge is 0.212 e. The number of rotatable bonds is 6. The fraction of sp³-hybridized carbons (Fsp3) is 0.778. The first-order valence-electron chi connectivity index (χ1n) is 9.44. The summed E-state index contributed by atoms with van der Waals surface area (Å²) in [6.45, 7) is 15.3. The number of carbonyl (C=O) groups excluding carboxylic acids is 1. The van der Waals surface area contributed by atoms with Crippen molar-refractivity contribution >= 4 is 43.1 Å². The van der Waals surface area contributed by atoms with Gasteiger partial charge < -0.3 is 24.0 Å². The van der Waals surface area contributed by atoms with Gasteiger partial charge in [0.25, 0.3) is 0 Å². The van der Waals surface area contributed by atoms with E-state index in [2.05, 4.69) is 66.8 Å². The first-order valence-corrected chi connectivity index (χ1v) is 13.4. The van der Waals surface area contributed by atoms with Gasteiger partial charge in [0, 0.05) is 0 Å². The predicted octanol–water partition coefficient (Wildman–Crippen LogP) is 3.50. The fourth-order valence-electron chi connectivity index (χ4n) is 3.25. The summed E-state index contributed by atoms with van der Waals surface area (Å²) in [5.74, 6) is -0.128. The van der Waals surface area contributed by atoms with E-state index in [1.807, 2.05) is 13.8 Å². The molecule has 1 aromatic heterocycles. The number of carbonyl (C=O) groups is 1. The third kappa shape index (κ3) is 4.17. The van der Waals surface area contributed by atoms with Crippen molar-refractivity contribution in [3.05, 3.63) is 10.0 Å². The van der Waals surface area contributed by atoms with Crippen LogP contribution in [0, 0.1) is 3.70 Å². The molecule has 0 saturated carbocycles. The van der Waals surface area contributed by atoms with Gasteiger partial charge in [0.1, 0.15) is 27.8 Å². The molecular formula is C18H30IN3O5Si. The van der Waals surface area contributed by atoms with Crippen LogP contribution in [0.2, 0.25) is 18.1 Å². The summed E-state index contributed by atoms with van der Waals surface area (Å²) in [6, 6.07) is 0. The van der Waals surface area contributed by atoms with E-state index in [1.165, 1.54) is 0 Å². The summed E-state index contributed by atoms with van der Waals surface area (Å²) < 4.78 is 27.5. The van der Waals surface area contributed by atoms with Gasteiger partial charge in [-0.05, 0) is 54.6 Å². The molecule has 0 unspecified atom stereocenters. The zero-order valence-corrected chi connectivity index (χ0v) is 20.6. The molecule has 3 rings (SSSR count). The van der Waals surface area contributed by atoms with Gasteiger partial charge in [-0.1, -0.05) is 20.8 Å². The molecule has 1 N–H and O–H groups in total. The molecule has 10 heteroatoms. The molecule has 2 saturated heterocycles. The minimum Gasteiger partial charge on any atom is -0.414 e. The number of anilines is 1. The molecular weight excluding hydrogens is 493 g/mol. The Morgan fingerprint density at radius 3 is 2.61 bits per heavy atom. The Hall–Kier alpha value is -0.533. The lowest BCUT2D eigenvalue weighted by Gasteiger charge is -2.37. The van der Waals surface area contributed by atoms with E-state index in [1.54, 1.807) is 10.9 Å². The van der Waals surface area contributed by atoms with Crippen LogP contribution in [0.1, 0.15) is 40.8 Å². The van der Waals surface area contributed by atoms with E-state index in [0.717, 1.165) is 0 Å². The quantitative estimate of drug-likeness (QED) is 0.349. The van der Waals surface area contributed by atoms with Crippen LogP contribution in [0.25, 0.3) is 0 Å². The number of hydrogen-bond donors (Lipinski definition) is 1. The molecule has 0 aromatic carbocycles. The van der Waals surface area contributed by atoms with Crippen molar-refractivity contribution in [3.63, 3.8) is 0 Å². The molecule has 0 radical (unpaired) electrons. The van der Waals surface area contributed by atoms with Crippen molar-refractivity contribution in [2.45, 2.75) is 83.1 Å². The molecule has 3 heterocycles. The van der Waals surface area contributed by atoms with Crippen molar-refractivity contribution < 1.29 is 23.4 Å². The second kappa shape index (κ2) is 7.62. The Bertz CT molecular complexity index is 733. The molecule has 4 atom stereocenters. The summed E-state index contributed by atoms with van der Waals surface area (Å²) in [7, 11) is -1.93. The Morgan fingerprint density at radius 1 is 1.36 bits per heavy atom. The second-order valence-electron chi connectivity index (χ2n) is 9.25.